The van der Waals surface area contributed by atoms with Crippen molar-refractivity contribution in [3.05, 3.63) is 11.6 Å². The first-order valence-electron chi connectivity index (χ1n) is 8.85. The number of carbonyl (C=O) groups is 4. The highest BCUT2D eigenvalue weighted by molar-refractivity contribution is 6.29. The predicted octanol–water partition coefficient (Wildman–Crippen LogP) is 3.57. The van der Waals surface area contributed by atoms with Crippen LogP contribution in [-0.2, 0) is 19.2 Å². The second kappa shape index (κ2) is 8.50. The Labute approximate surface area is 145 Å². The summed E-state index contributed by atoms with van der Waals surface area (Å²) in [7, 11) is 0. The smallest absolute Gasteiger partial charge is 0.161 e. The molecule has 1 fully saturated rings. The predicted molar refractivity (Wildman–Crippen MR) is 93.5 cm³/mol. The minimum absolute atomic E-state index is 0.187. The van der Waals surface area contributed by atoms with Crippen LogP contribution in [0.4, 0.5) is 0 Å². The number of rotatable bonds is 8. The lowest BCUT2D eigenvalue weighted by Gasteiger charge is -2.15. The molecule has 24 heavy (non-hydrogen) atoms. The molecule has 0 saturated heterocycles. The van der Waals surface area contributed by atoms with Crippen molar-refractivity contribution in [1.29, 1.82) is 0 Å². The van der Waals surface area contributed by atoms with Gasteiger partial charge < -0.3 is 0 Å². The van der Waals surface area contributed by atoms with E-state index >= 15 is 0 Å². The normalized spacial score (nSPS) is 23.9. The van der Waals surface area contributed by atoms with Gasteiger partial charge in [0.1, 0.15) is 11.7 Å². The number of hydrogen-bond donors (Lipinski definition) is 0. The molecule has 4 nitrogen and oxygen atoms in total. The van der Waals surface area contributed by atoms with Crippen LogP contribution >= 0.6 is 0 Å². The van der Waals surface area contributed by atoms with Gasteiger partial charge in [0.05, 0.1) is 5.92 Å². The van der Waals surface area contributed by atoms with Crippen molar-refractivity contribution in [3.63, 3.8) is 0 Å². The van der Waals surface area contributed by atoms with Gasteiger partial charge in [-0.15, -0.1) is 0 Å². The van der Waals surface area contributed by atoms with Crippen LogP contribution in [0.3, 0.4) is 0 Å². The third-order valence-corrected chi connectivity index (χ3v) is 4.59. The lowest BCUT2D eigenvalue weighted by atomic mass is 9.85. The molecule has 0 aromatic heterocycles. The van der Waals surface area contributed by atoms with Crippen molar-refractivity contribution in [2.75, 3.05) is 0 Å². The monoisotopic (exact) mass is 334 g/mol. The molecule has 0 heterocycles. The van der Waals surface area contributed by atoms with E-state index in [0.29, 0.717) is 18.8 Å². The quantitative estimate of drug-likeness (QED) is 0.502. The van der Waals surface area contributed by atoms with E-state index in [2.05, 4.69) is 0 Å². The lowest BCUT2D eigenvalue weighted by Crippen LogP contribution is -2.31. The maximum absolute atomic E-state index is 12.7. The third kappa shape index (κ3) is 4.71. The van der Waals surface area contributed by atoms with Crippen LogP contribution < -0.4 is 0 Å². The average Bonchev–Trinajstić information content (AvgIpc) is 2.72. The van der Waals surface area contributed by atoms with E-state index in [0.717, 1.165) is 5.57 Å². The van der Waals surface area contributed by atoms with Crippen molar-refractivity contribution >= 4 is 23.1 Å². The van der Waals surface area contributed by atoms with Gasteiger partial charge in [-0.25, -0.2) is 0 Å². The summed E-state index contributed by atoms with van der Waals surface area (Å²) in [5.41, 5.74) is 1.03. The summed E-state index contributed by atoms with van der Waals surface area (Å²) < 4.78 is 0. The summed E-state index contributed by atoms with van der Waals surface area (Å²) in [5, 5.41) is 0. The molecule has 0 aromatic rings. The number of Topliss-reactive ketones (excluding diaryl/α,β-unsaturated/α-hetero) is 4. The molecule has 0 radical (unpaired) electrons. The molecular formula is C20H30O4. The van der Waals surface area contributed by atoms with Gasteiger partial charge in [-0.05, 0) is 32.6 Å². The zero-order chi connectivity index (χ0) is 18.6. The summed E-state index contributed by atoms with van der Waals surface area (Å²) in [6.07, 6.45) is 3.21. The van der Waals surface area contributed by atoms with Crippen LogP contribution in [0.5, 0.6) is 0 Å². The standard InChI is InChI=1S/C20H30O4/c1-11(2)7-9-14-16(15(21)10-8-12(3)4)20(24)17(19(14)23)18(22)13(5)6/h7,12-14,16-17H,8-10H2,1-6H3. The summed E-state index contributed by atoms with van der Waals surface area (Å²) >= 11 is 0. The highest BCUT2D eigenvalue weighted by Crippen LogP contribution is 2.36. The highest BCUT2D eigenvalue weighted by atomic mass is 16.2. The van der Waals surface area contributed by atoms with E-state index in [9.17, 15) is 19.2 Å². The van der Waals surface area contributed by atoms with Gasteiger partial charge in [0.2, 0.25) is 0 Å². The van der Waals surface area contributed by atoms with Gasteiger partial charge in [0.25, 0.3) is 0 Å². The highest BCUT2D eigenvalue weighted by Gasteiger charge is 2.54. The van der Waals surface area contributed by atoms with Gasteiger partial charge in [0, 0.05) is 18.3 Å². The molecule has 1 saturated carbocycles. The Hall–Kier alpha value is -1.58. The van der Waals surface area contributed by atoms with Gasteiger partial charge in [0.15, 0.2) is 17.3 Å². The zero-order valence-electron chi connectivity index (χ0n) is 15.7. The van der Waals surface area contributed by atoms with E-state index in [1.807, 2.05) is 33.8 Å². The van der Waals surface area contributed by atoms with Gasteiger partial charge >= 0.3 is 0 Å². The Morgan fingerprint density at radius 3 is 2.08 bits per heavy atom. The molecule has 1 aliphatic rings. The fourth-order valence-electron chi connectivity index (χ4n) is 3.09. The molecule has 0 amide bonds. The van der Waals surface area contributed by atoms with Gasteiger partial charge in [-0.2, -0.15) is 0 Å². The first kappa shape index (κ1) is 20.5. The molecule has 0 aromatic carbocycles. The SMILES string of the molecule is CC(C)=CCC1C(=O)C(C(=O)C(C)C)C(=O)C1C(=O)CCC(C)C. The van der Waals surface area contributed by atoms with E-state index in [1.165, 1.54) is 0 Å². The van der Waals surface area contributed by atoms with E-state index in [1.54, 1.807) is 13.8 Å². The largest absolute Gasteiger partial charge is 0.299 e. The molecule has 0 N–H and O–H groups in total. The summed E-state index contributed by atoms with van der Waals surface area (Å²) in [4.78, 5) is 50.3. The number of carbonyl (C=O) groups excluding carboxylic acids is 4. The minimum Gasteiger partial charge on any atom is -0.299 e. The van der Waals surface area contributed by atoms with Crippen molar-refractivity contribution < 1.29 is 19.2 Å². The van der Waals surface area contributed by atoms with E-state index in [-0.39, 0.29) is 23.8 Å². The van der Waals surface area contributed by atoms with Crippen LogP contribution in [0.15, 0.2) is 11.6 Å². The Kier molecular flexibility index (Phi) is 7.25. The molecule has 1 rings (SSSR count). The Morgan fingerprint density at radius 2 is 1.62 bits per heavy atom. The molecule has 134 valence electrons. The average molecular weight is 334 g/mol. The van der Waals surface area contributed by atoms with Crippen molar-refractivity contribution in [2.24, 2.45) is 29.6 Å². The Morgan fingerprint density at radius 1 is 1.04 bits per heavy atom. The minimum atomic E-state index is -1.24. The Balaban J connectivity index is 3.12. The van der Waals surface area contributed by atoms with Gasteiger partial charge in [-0.3, -0.25) is 19.2 Å². The molecule has 0 spiro atoms. The molecule has 1 aliphatic carbocycles. The van der Waals surface area contributed by atoms with Crippen LogP contribution in [0, 0.1) is 29.6 Å². The van der Waals surface area contributed by atoms with Crippen molar-refractivity contribution in [3.8, 4) is 0 Å². The first-order chi connectivity index (χ1) is 11.1. The molecular weight excluding hydrogens is 304 g/mol. The Bertz CT molecular complexity index is 550. The van der Waals surface area contributed by atoms with Crippen LogP contribution in [-0.4, -0.2) is 23.1 Å². The molecule has 3 atom stereocenters. The zero-order valence-corrected chi connectivity index (χ0v) is 15.7. The lowest BCUT2D eigenvalue weighted by molar-refractivity contribution is -0.138. The molecule has 0 bridgehead atoms. The van der Waals surface area contributed by atoms with Crippen LogP contribution in [0.25, 0.3) is 0 Å². The van der Waals surface area contributed by atoms with E-state index in [4.69, 9.17) is 0 Å². The van der Waals surface area contributed by atoms with Crippen LogP contribution in [0.1, 0.15) is 60.8 Å². The third-order valence-electron chi connectivity index (χ3n) is 4.59. The summed E-state index contributed by atoms with van der Waals surface area (Å²) in [6, 6.07) is 0. The number of allylic oxidation sites excluding steroid dienone is 2. The fraction of sp³-hybridized carbons (Fsp3) is 0.700. The maximum atomic E-state index is 12.7. The molecule has 3 unspecified atom stereocenters. The second-order valence-electron chi connectivity index (χ2n) is 7.79. The van der Waals surface area contributed by atoms with Crippen molar-refractivity contribution in [2.45, 2.75) is 60.8 Å². The fourth-order valence-corrected chi connectivity index (χ4v) is 3.09. The molecule has 4 heteroatoms. The number of hydrogen-bond acceptors (Lipinski definition) is 4. The van der Waals surface area contributed by atoms with Crippen LogP contribution in [0.2, 0.25) is 0 Å². The van der Waals surface area contributed by atoms with Gasteiger partial charge in [-0.1, -0.05) is 39.3 Å². The summed E-state index contributed by atoms with van der Waals surface area (Å²) in [6.45, 7) is 11.2. The van der Waals surface area contributed by atoms with E-state index < -0.39 is 29.5 Å². The number of ketones is 4. The van der Waals surface area contributed by atoms with Crippen molar-refractivity contribution in [1.82, 2.24) is 0 Å². The maximum Gasteiger partial charge on any atom is 0.161 e. The molecule has 0 aliphatic heterocycles. The second-order valence-corrected chi connectivity index (χ2v) is 7.79. The first-order valence-corrected chi connectivity index (χ1v) is 8.85. The summed E-state index contributed by atoms with van der Waals surface area (Å²) in [5.74, 6) is -4.28. The topological polar surface area (TPSA) is 68.3 Å².